The zero-order valence-corrected chi connectivity index (χ0v) is 11.9. The van der Waals surface area contributed by atoms with Crippen LogP contribution in [0.2, 0.25) is 0 Å². The molecule has 1 atom stereocenters. The van der Waals surface area contributed by atoms with Crippen molar-refractivity contribution in [2.45, 2.75) is 30.7 Å². The van der Waals surface area contributed by atoms with E-state index in [-0.39, 0.29) is 16.7 Å². The number of phenolic OH excluding ortho intramolecular Hbond substituents is 1. The number of rotatable bonds is 5. The van der Waals surface area contributed by atoms with Gasteiger partial charge >= 0.3 is 0 Å². The lowest BCUT2D eigenvalue weighted by atomic mass is 10.3. The van der Waals surface area contributed by atoms with Crippen LogP contribution in [-0.2, 0) is 10.0 Å². The molecular weight excluding hydrogens is 264 g/mol. The highest BCUT2D eigenvalue weighted by Crippen LogP contribution is 2.15. The van der Waals surface area contributed by atoms with Gasteiger partial charge in [-0.25, -0.2) is 13.1 Å². The van der Waals surface area contributed by atoms with Crippen LogP contribution in [0.3, 0.4) is 0 Å². The number of hydrogen-bond donors (Lipinski definition) is 2. The van der Waals surface area contributed by atoms with Crippen LogP contribution in [0.4, 0.5) is 0 Å². The first-order valence-corrected chi connectivity index (χ1v) is 7.99. The number of likely N-dealkylation sites (tertiary alicyclic amines) is 1. The van der Waals surface area contributed by atoms with Gasteiger partial charge in [0.25, 0.3) is 0 Å². The highest BCUT2D eigenvalue weighted by molar-refractivity contribution is 7.89. The Balaban J connectivity index is 1.98. The second-order valence-corrected chi connectivity index (χ2v) is 6.74. The Morgan fingerprint density at radius 1 is 1.26 bits per heavy atom. The van der Waals surface area contributed by atoms with E-state index in [9.17, 15) is 13.5 Å². The molecule has 1 unspecified atom stereocenters. The Bertz CT molecular complexity index is 507. The molecule has 0 saturated carbocycles. The summed E-state index contributed by atoms with van der Waals surface area (Å²) < 4.78 is 26.9. The third-order valence-electron chi connectivity index (χ3n) is 3.23. The fourth-order valence-electron chi connectivity index (χ4n) is 2.35. The molecule has 19 heavy (non-hydrogen) atoms. The molecule has 0 bridgehead atoms. The summed E-state index contributed by atoms with van der Waals surface area (Å²) in [7, 11) is -3.51. The summed E-state index contributed by atoms with van der Waals surface area (Å²) in [5, 5.41) is 9.17. The van der Waals surface area contributed by atoms with E-state index in [1.807, 2.05) is 6.92 Å². The Morgan fingerprint density at radius 2 is 1.84 bits per heavy atom. The summed E-state index contributed by atoms with van der Waals surface area (Å²) in [4.78, 5) is 2.45. The molecule has 5 nitrogen and oxygen atoms in total. The monoisotopic (exact) mass is 284 g/mol. The SMILES string of the molecule is CC(CN1CCCC1)NS(=O)(=O)c1ccc(O)cc1. The van der Waals surface area contributed by atoms with E-state index in [2.05, 4.69) is 9.62 Å². The van der Waals surface area contributed by atoms with Gasteiger partial charge < -0.3 is 10.0 Å². The van der Waals surface area contributed by atoms with E-state index >= 15 is 0 Å². The Labute approximate surface area is 114 Å². The van der Waals surface area contributed by atoms with Crippen LogP contribution in [0.5, 0.6) is 5.75 Å². The van der Waals surface area contributed by atoms with E-state index in [1.54, 1.807) is 0 Å². The number of sulfonamides is 1. The average Bonchev–Trinajstić information content (AvgIpc) is 2.81. The minimum Gasteiger partial charge on any atom is -0.508 e. The number of phenols is 1. The van der Waals surface area contributed by atoms with Gasteiger partial charge in [0.1, 0.15) is 5.75 Å². The highest BCUT2D eigenvalue weighted by Gasteiger charge is 2.20. The zero-order chi connectivity index (χ0) is 13.9. The molecule has 0 spiro atoms. The van der Waals surface area contributed by atoms with Crippen molar-refractivity contribution in [3.63, 3.8) is 0 Å². The van der Waals surface area contributed by atoms with Gasteiger partial charge in [-0.3, -0.25) is 0 Å². The van der Waals surface area contributed by atoms with Crippen molar-refractivity contribution in [1.82, 2.24) is 9.62 Å². The van der Waals surface area contributed by atoms with Crippen molar-refractivity contribution >= 4 is 10.0 Å². The zero-order valence-electron chi connectivity index (χ0n) is 11.0. The molecule has 2 rings (SSSR count). The van der Waals surface area contributed by atoms with Gasteiger partial charge in [0, 0.05) is 12.6 Å². The summed E-state index contributed by atoms with van der Waals surface area (Å²) in [6, 6.07) is 5.43. The lowest BCUT2D eigenvalue weighted by Crippen LogP contribution is -2.40. The predicted octanol–water partition coefficient (Wildman–Crippen LogP) is 1.15. The highest BCUT2D eigenvalue weighted by atomic mass is 32.2. The largest absolute Gasteiger partial charge is 0.508 e. The third-order valence-corrected chi connectivity index (χ3v) is 4.84. The molecule has 1 heterocycles. The molecule has 1 saturated heterocycles. The summed E-state index contributed by atoms with van der Waals surface area (Å²) >= 11 is 0. The first-order chi connectivity index (χ1) is 8.97. The molecule has 2 N–H and O–H groups in total. The van der Waals surface area contributed by atoms with E-state index in [0.717, 1.165) is 19.6 Å². The predicted molar refractivity (Wildman–Crippen MR) is 73.6 cm³/mol. The van der Waals surface area contributed by atoms with Gasteiger partial charge in [0.2, 0.25) is 10.0 Å². The Hall–Kier alpha value is -1.11. The molecule has 0 amide bonds. The maximum Gasteiger partial charge on any atom is 0.240 e. The second kappa shape index (κ2) is 5.90. The van der Waals surface area contributed by atoms with Gasteiger partial charge in [-0.15, -0.1) is 0 Å². The maximum atomic E-state index is 12.1. The summed E-state index contributed by atoms with van der Waals surface area (Å²) in [6.07, 6.45) is 2.38. The van der Waals surface area contributed by atoms with Crippen molar-refractivity contribution in [3.8, 4) is 5.75 Å². The fourth-order valence-corrected chi connectivity index (χ4v) is 3.58. The van der Waals surface area contributed by atoms with Crippen molar-refractivity contribution in [1.29, 1.82) is 0 Å². The standard InChI is InChI=1S/C13H20N2O3S/c1-11(10-15-8-2-3-9-15)14-19(17,18)13-6-4-12(16)5-7-13/h4-7,11,14,16H,2-3,8-10H2,1H3. The average molecular weight is 284 g/mol. The van der Waals surface area contributed by atoms with Crippen LogP contribution >= 0.6 is 0 Å². The van der Waals surface area contributed by atoms with Gasteiger partial charge in [-0.05, 0) is 57.1 Å². The fraction of sp³-hybridized carbons (Fsp3) is 0.538. The minimum absolute atomic E-state index is 0.0593. The normalized spacial score (nSPS) is 18.6. The number of nitrogens with one attached hydrogen (secondary N) is 1. The molecular formula is C13H20N2O3S. The van der Waals surface area contributed by atoms with Gasteiger partial charge in [0.15, 0.2) is 0 Å². The van der Waals surface area contributed by atoms with Crippen molar-refractivity contribution in [3.05, 3.63) is 24.3 Å². The van der Waals surface area contributed by atoms with Crippen molar-refractivity contribution < 1.29 is 13.5 Å². The molecule has 1 fully saturated rings. The summed E-state index contributed by atoms with van der Waals surface area (Å²) in [5.74, 6) is 0.0593. The lowest BCUT2D eigenvalue weighted by molar-refractivity contribution is 0.313. The molecule has 0 aliphatic carbocycles. The van der Waals surface area contributed by atoms with Crippen molar-refractivity contribution in [2.75, 3.05) is 19.6 Å². The van der Waals surface area contributed by atoms with E-state index in [4.69, 9.17) is 0 Å². The number of hydrogen-bond acceptors (Lipinski definition) is 4. The molecule has 1 aromatic rings. The van der Waals surface area contributed by atoms with Crippen LogP contribution in [0.15, 0.2) is 29.2 Å². The van der Waals surface area contributed by atoms with Gasteiger partial charge in [0.05, 0.1) is 4.90 Å². The number of aromatic hydroxyl groups is 1. The lowest BCUT2D eigenvalue weighted by Gasteiger charge is -2.21. The van der Waals surface area contributed by atoms with Crippen molar-refractivity contribution in [2.24, 2.45) is 0 Å². The van der Waals surface area contributed by atoms with Gasteiger partial charge in [-0.1, -0.05) is 0 Å². The van der Waals surface area contributed by atoms with E-state index in [0.29, 0.717) is 0 Å². The first-order valence-electron chi connectivity index (χ1n) is 6.51. The molecule has 6 heteroatoms. The van der Waals surface area contributed by atoms with Crippen LogP contribution in [-0.4, -0.2) is 44.1 Å². The van der Waals surface area contributed by atoms with Crippen LogP contribution in [0.1, 0.15) is 19.8 Å². The van der Waals surface area contributed by atoms with E-state index in [1.165, 1.54) is 37.1 Å². The van der Waals surface area contributed by atoms with Gasteiger partial charge in [-0.2, -0.15) is 0 Å². The number of benzene rings is 1. The van der Waals surface area contributed by atoms with Crippen LogP contribution < -0.4 is 4.72 Å². The Morgan fingerprint density at radius 3 is 2.42 bits per heavy atom. The minimum atomic E-state index is -3.51. The van der Waals surface area contributed by atoms with Crippen LogP contribution in [0, 0.1) is 0 Å². The summed E-state index contributed by atoms with van der Waals surface area (Å²) in [6.45, 7) is 4.70. The quantitative estimate of drug-likeness (QED) is 0.851. The molecule has 0 radical (unpaired) electrons. The Kier molecular flexibility index (Phi) is 4.44. The van der Waals surface area contributed by atoms with E-state index < -0.39 is 10.0 Å². The molecule has 1 aromatic carbocycles. The maximum absolute atomic E-state index is 12.1. The molecule has 0 aromatic heterocycles. The first kappa shape index (κ1) is 14.3. The smallest absolute Gasteiger partial charge is 0.240 e. The molecule has 1 aliphatic heterocycles. The second-order valence-electron chi connectivity index (χ2n) is 5.02. The number of nitrogens with zero attached hydrogens (tertiary/aromatic N) is 1. The summed E-state index contributed by atoms with van der Waals surface area (Å²) in [5.41, 5.74) is 0. The molecule has 1 aliphatic rings. The third kappa shape index (κ3) is 3.92. The topological polar surface area (TPSA) is 69.6 Å². The molecule has 106 valence electrons. The van der Waals surface area contributed by atoms with Crippen LogP contribution in [0.25, 0.3) is 0 Å².